The number of rotatable bonds is 6. The molecule has 0 radical (unpaired) electrons. The number of para-hydroxylation sites is 1. The summed E-state index contributed by atoms with van der Waals surface area (Å²) in [5, 5.41) is 0. The fourth-order valence-corrected chi connectivity index (χ4v) is 4.23. The van der Waals surface area contributed by atoms with Crippen LogP contribution >= 0.6 is 0 Å². The number of nitrogens with zero attached hydrogens (tertiary/aromatic N) is 1. The Morgan fingerprint density at radius 2 is 1.83 bits per heavy atom. The van der Waals surface area contributed by atoms with Gasteiger partial charge >= 0.3 is 0 Å². The summed E-state index contributed by atoms with van der Waals surface area (Å²) in [6.07, 6.45) is 2.82. The molecule has 0 aliphatic carbocycles. The van der Waals surface area contributed by atoms with E-state index in [1.54, 1.807) is 24.3 Å². The van der Waals surface area contributed by atoms with E-state index in [1.165, 1.54) is 4.31 Å². The molecule has 0 amide bonds. The monoisotopic (exact) mass is 331 g/mol. The quantitative estimate of drug-likeness (QED) is 0.760. The number of anilines is 1. The summed E-state index contributed by atoms with van der Waals surface area (Å²) in [5.74, 6) is 0.708. The molecule has 2 aromatic carbocycles. The van der Waals surface area contributed by atoms with Crippen LogP contribution in [-0.2, 0) is 16.4 Å². The van der Waals surface area contributed by atoms with E-state index in [0.29, 0.717) is 23.8 Å². The summed E-state index contributed by atoms with van der Waals surface area (Å²) in [5.41, 5.74) is 1.87. The van der Waals surface area contributed by atoms with Gasteiger partial charge in [-0.25, -0.2) is 8.42 Å². The first-order valence-electron chi connectivity index (χ1n) is 7.96. The van der Waals surface area contributed by atoms with Crippen molar-refractivity contribution in [3.63, 3.8) is 0 Å². The van der Waals surface area contributed by atoms with E-state index < -0.39 is 10.0 Å². The molecule has 0 unspecified atom stereocenters. The minimum Gasteiger partial charge on any atom is -0.494 e. The lowest BCUT2D eigenvalue weighted by molar-refractivity contribution is 0.309. The van der Waals surface area contributed by atoms with Crippen LogP contribution in [0.25, 0.3) is 0 Å². The van der Waals surface area contributed by atoms with Gasteiger partial charge in [0.1, 0.15) is 5.75 Å². The fraction of sp³-hybridized carbons (Fsp3) is 0.333. The van der Waals surface area contributed by atoms with Crippen molar-refractivity contribution < 1.29 is 13.2 Å². The van der Waals surface area contributed by atoms with Gasteiger partial charge in [-0.2, -0.15) is 0 Å². The summed E-state index contributed by atoms with van der Waals surface area (Å²) in [6, 6.07) is 14.4. The van der Waals surface area contributed by atoms with Gasteiger partial charge in [0.15, 0.2) is 0 Å². The van der Waals surface area contributed by atoms with Crippen molar-refractivity contribution in [1.29, 1.82) is 0 Å². The molecule has 0 N–H and O–H groups in total. The molecule has 1 aliphatic rings. The maximum absolute atomic E-state index is 12.9. The van der Waals surface area contributed by atoms with Gasteiger partial charge in [-0.1, -0.05) is 31.5 Å². The highest BCUT2D eigenvalue weighted by molar-refractivity contribution is 7.92. The smallest absolute Gasteiger partial charge is 0.264 e. The molecule has 2 aromatic rings. The van der Waals surface area contributed by atoms with Crippen LogP contribution in [-0.4, -0.2) is 21.6 Å². The Kier molecular flexibility index (Phi) is 4.57. The molecular weight excluding hydrogens is 310 g/mol. The van der Waals surface area contributed by atoms with E-state index in [1.807, 2.05) is 24.3 Å². The van der Waals surface area contributed by atoms with E-state index in [9.17, 15) is 8.42 Å². The summed E-state index contributed by atoms with van der Waals surface area (Å²) in [4.78, 5) is 0.303. The first-order valence-corrected chi connectivity index (χ1v) is 9.40. The molecule has 1 heterocycles. The summed E-state index contributed by atoms with van der Waals surface area (Å²) in [6.45, 7) is 3.26. The minimum atomic E-state index is -3.52. The molecule has 0 atom stereocenters. The van der Waals surface area contributed by atoms with Gasteiger partial charge in [-0.15, -0.1) is 0 Å². The van der Waals surface area contributed by atoms with Crippen LogP contribution in [0.2, 0.25) is 0 Å². The van der Waals surface area contributed by atoms with Gasteiger partial charge < -0.3 is 4.74 Å². The molecule has 1 aliphatic heterocycles. The third-order valence-corrected chi connectivity index (χ3v) is 5.85. The van der Waals surface area contributed by atoms with Crippen LogP contribution in [0.4, 0.5) is 5.69 Å². The number of hydrogen-bond acceptors (Lipinski definition) is 3. The van der Waals surface area contributed by atoms with Crippen molar-refractivity contribution in [2.75, 3.05) is 17.5 Å². The highest BCUT2D eigenvalue weighted by Gasteiger charge is 2.30. The van der Waals surface area contributed by atoms with Gasteiger partial charge in [0, 0.05) is 6.54 Å². The SMILES string of the molecule is CCCCOc1ccc(S(=O)(=O)N2CCc3ccccc32)cc1. The Bertz CT molecular complexity index is 769. The van der Waals surface area contributed by atoms with Crippen molar-refractivity contribution in [3.05, 3.63) is 54.1 Å². The molecule has 0 spiro atoms. The Labute approximate surface area is 137 Å². The molecule has 0 aromatic heterocycles. The summed E-state index contributed by atoms with van der Waals surface area (Å²) in [7, 11) is -3.52. The van der Waals surface area contributed by atoms with Crippen molar-refractivity contribution in [3.8, 4) is 5.75 Å². The van der Waals surface area contributed by atoms with Gasteiger partial charge in [0.25, 0.3) is 10.0 Å². The van der Waals surface area contributed by atoms with Gasteiger partial charge in [0.2, 0.25) is 0 Å². The highest BCUT2D eigenvalue weighted by atomic mass is 32.2. The van der Waals surface area contributed by atoms with Gasteiger partial charge in [0.05, 0.1) is 17.2 Å². The van der Waals surface area contributed by atoms with E-state index in [0.717, 1.165) is 30.5 Å². The summed E-state index contributed by atoms with van der Waals surface area (Å²) < 4.78 is 32.8. The zero-order valence-corrected chi connectivity index (χ0v) is 14.1. The zero-order valence-electron chi connectivity index (χ0n) is 13.2. The van der Waals surface area contributed by atoms with Crippen LogP contribution in [0.15, 0.2) is 53.4 Å². The standard InChI is InChI=1S/C18H21NO3S/c1-2-3-14-22-16-8-10-17(11-9-16)23(20,21)19-13-12-15-6-4-5-7-18(15)19/h4-11H,2-3,12-14H2,1H3. The highest BCUT2D eigenvalue weighted by Crippen LogP contribution is 2.32. The van der Waals surface area contributed by atoms with Crippen LogP contribution < -0.4 is 9.04 Å². The molecule has 122 valence electrons. The average Bonchev–Trinajstić information content (AvgIpc) is 3.00. The number of hydrogen-bond donors (Lipinski definition) is 0. The molecule has 0 saturated heterocycles. The third kappa shape index (κ3) is 3.20. The number of unbranched alkanes of at least 4 members (excludes halogenated alkanes) is 1. The van der Waals surface area contributed by atoms with Crippen molar-refractivity contribution in [1.82, 2.24) is 0 Å². The van der Waals surface area contributed by atoms with Crippen LogP contribution in [0.3, 0.4) is 0 Å². The topological polar surface area (TPSA) is 46.6 Å². The molecule has 4 nitrogen and oxygen atoms in total. The lowest BCUT2D eigenvalue weighted by Gasteiger charge is -2.19. The predicted molar refractivity (Wildman–Crippen MR) is 91.5 cm³/mol. The van der Waals surface area contributed by atoms with Crippen molar-refractivity contribution in [2.24, 2.45) is 0 Å². The second-order valence-corrected chi connectivity index (χ2v) is 7.49. The number of fused-ring (bicyclic) bond motifs is 1. The Hall–Kier alpha value is -2.01. The molecule has 23 heavy (non-hydrogen) atoms. The fourth-order valence-electron chi connectivity index (χ4n) is 2.73. The predicted octanol–water partition coefficient (Wildman–Crippen LogP) is 3.62. The third-order valence-electron chi connectivity index (χ3n) is 4.02. The average molecular weight is 331 g/mol. The van der Waals surface area contributed by atoms with E-state index in [2.05, 4.69) is 6.92 Å². The minimum absolute atomic E-state index is 0.303. The van der Waals surface area contributed by atoms with E-state index in [-0.39, 0.29) is 0 Å². The van der Waals surface area contributed by atoms with Crippen molar-refractivity contribution in [2.45, 2.75) is 31.1 Å². The Balaban J connectivity index is 1.81. The molecule has 5 heteroatoms. The number of sulfonamides is 1. The van der Waals surface area contributed by atoms with Gasteiger partial charge in [-0.3, -0.25) is 4.31 Å². The first-order chi connectivity index (χ1) is 11.1. The van der Waals surface area contributed by atoms with Crippen LogP contribution in [0, 0.1) is 0 Å². The largest absolute Gasteiger partial charge is 0.494 e. The first kappa shape index (κ1) is 15.9. The maximum Gasteiger partial charge on any atom is 0.264 e. The summed E-state index contributed by atoms with van der Waals surface area (Å²) >= 11 is 0. The number of benzene rings is 2. The lowest BCUT2D eigenvalue weighted by atomic mass is 10.2. The van der Waals surface area contributed by atoms with E-state index >= 15 is 0 Å². The Morgan fingerprint density at radius 1 is 1.09 bits per heavy atom. The zero-order chi connectivity index (χ0) is 16.3. The van der Waals surface area contributed by atoms with E-state index in [4.69, 9.17) is 4.74 Å². The van der Waals surface area contributed by atoms with Crippen LogP contribution in [0.5, 0.6) is 5.75 Å². The molecule has 3 rings (SSSR count). The van der Waals surface area contributed by atoms with Crippen LogP contribution in [0.1, 0.15) is 25.3 Å². The maximum atomic E-state index is 12.9. The lowest BCUT2D eigenvalue weighted by Crippen LogP contribution is -2.29. The second kappa shape index (κ2) is 6.62. The molecular formula is C18H21NO3S. The normalized spacial score (nSPS) is 13.9. The molecule has 0 bridgehead atoms. The second-order valence-electron chi connectivity index (χ2n) is 5.63. The van der Waals surface area contributed by atoms with Crippen molar-refractivity contribution >= 4 is 15.7 Å². The molecule has 0 saturated carbocycles. The van der Waals surface area contributed by atoms with Gasteiger partial charge in [-0.05, 0) is 48.7 Å². The molecule has 0 fully saturated rings. The Morgan fingerprint density at radius 3 is 2.57 bits per heavy atom. The number of ether oxygens (including phenoxy) is 1.